The summed E-state index contributed by atoms with van der Waals surface area (Å²) in [6.45, 7) is 1.59. The fourth-order valence-electron chi connectivity index (χ4n) is 3.84. The quantitative estimate of drug-likeness (QED) is 0.241. The van der Waals surface area contributed by atoms with E-state index in [4.69, 9.17) is 9.47 Å². The molecule has 0 fully saturated rings. The van der Waals surface area contributed by atoms with Crippen LogP contribution in [0.3, 0.4) is 0 Å². The third-order valence-electron chi connectivity index (χ3n) is 5.97. The van der Waals surface area contributed by atoms with E-state index in [2.05, 4.69) is 15.0 Å². The van der Waals surface area contributed by atoms with Crippen molar-refractivity contribution in [3.05, 3.63) is 112 Å². The maximum absolute atomic E-state index is 14.7. The highest BCUT2D eigenvalue weighted by atomic mass is 32.1. The molecule has 0 bridgehead atoms. The number of carbonyl (C=O) groups excluding carboxylic acids is 3. The van der Waals surface area contributed by atoms with Gasteiger partial charge in [-0.2, -0.15) is 0 Å². The number of aromatic nitrogens is 1. The van der Waals surface area contributed by atoms with Crippen LogP contribution in [-0.4, -0.2) is 34.9 Å². The number of ether oxygens (including phenoxy) is 2. The minimum Gasteiger partial charge on any atom is -0.459 e. The minimum atomic E-state index is -1.28. The summed E-state index contributed by atoms with van der Waals surface area (Å²) in [4.78, 5) is 39.4. The Morgan fingerprint density at radius 2 is 1.57 bits per heavy atom. The molecule has 3 aromatic carbocycles. The van der Waals surface area contributed by atoms with Crippen LogP contribution in [0.1, 0.15) is 33.3 Å². The van der Waals surface area contributed by atoms with E-state index < -0.39 is 29.8 Å². The number of nitrogens with one attached hydrogen (secondary N) is 2. The van der Waals surface area contributed by atoms with Gasteiger partial charge in [-0.25, -0.2) is 18.4 Å². The predicted molar refractivity (Wildman–Crippen MR) is 149 cm³/mol. The Balaban J connectivity index is 1.44. The Morgan fingerprint density at radius 3 is 2.23 bits per heavy atom. The lowest BCUT2D eigenvalue weighted by molar-refractivity contribution is -0.147. The highest BCUT2D eigenvalue weighted by Crippen LogP contribution is 2.28. The van der Waals surface area contributed by atoms with E-state index in [9.17, 15) is 18.8 Å². The maximum atomic E-state index is 14.7. The molecule has 1 atom stereocenters. The molecule has 1 heterocycles. The third-order valence-corrected chi connectivity index (χ3v) is 6.91. The molecule has 0 unspecified atom stereocenters. The molecule has 10 heteroatoms. The van der Waals surface area contributed by atoms with Crippen LogP contribution < -0.4 is 10.6 Å². The highest BCUT2D eigenvalue weighted by molar-refractivity contribution is 7.06. The van der Waals surface area contributed by atoms with Crippen LogP contribution in [0.5, 0.6) is 0 Å². The van der Waals surface area contributed by atoms with Crippen molar-refractivity contribution in [2.24, 2.45) is 0 Å². The van der Waals surface area contributed by atoms with Gasteiger partial charge in [0.1, 0.15) is 25.1 Å². The number of amides is 2. The SMILES string of the molecule is CCc1sncc1-c1ccc(F)c(C(=O)NC[C@@H](NC(=O)OCc2ccccc2)C(=O)OCc2ccccc2)c1. The number of aryl methyl sites for hydroxylation is 1. The monoisotopic (exact) mass is 561 g/mol. The van der Waals surface area contributed by atoms with Gasteiger partial charge in [-0.3, -0.25) is 4.79 Å². The molecule has 2 N–H and O–H groups in total. The van der Waals surface area contributed by atoms with Gasteiger partial charge in [0.2, 0.25) is 0 Å². The number of hydrogen-bond donors (Lipinski definition) is 2. The zero-order valence-corrected chi connectivity index (χ0v) is 22.6. The van der Waals surface area contributed by atoms with Crippen molar-refractivity contribution in [1.82, 2.24) is 15.0 Å². The Bertz CT molecular complexity index is 1450. The zero-order valence-electron chi connectivity index (χ0n) is 21.8. The van der Waals surface area contributed by atoms with E-state index in [0.29, 0.717) is 5.56 Å². The van der Waals surface area contributed by atoms with Gasteiger partial charge in [0.25, 0.3) is 5.91 Å². The number of halogens is 1. The number of nitrogens with zero attached hydrogens (tertiary/aromatic N) is 1. The lowest BCUT2D eigenvalue weighted by Gasteiger charge is -2.18. The van der Waals surface area contributed by atoms with Crippen molar-refractivity contribution in [1.29, 1.82) is 0 Å². The van der Waals surface area contributed by atoms with Crippen LogP contribution in [0.2, 0.25) is 0 Å². The molecule has 206 valence electrons. The first-order valence-corrected chi connectivity index (χ1v) is 13.4. The van der Waals surface area contributed by atoms with E-state index in [1.165, 1.54) is 23.7 Å². The standard InChI is InChI=1S/C30H28FN3O5S/c1-2-27-24(16-33-40-27)22-13-14-25(31)23(15-22)28(35)32-17-26(29(36)38-18-20-9-5-3-6-10-20)34-30(37)39-19-21-11-7-4-8-12-21/h3-16,26H,2,17-19H2,1H3,(H,32,35)(H,34,37)/t26-/m1/s1. The first-order valence-electron chi connectivity index (χ1n) is 12.6. The lowest BCUT2D eigenvalue weighted by atomic mass is 10.0. The molecule has 8 nitrogen and oxygen atoms in total. The molecule has 0 radical (unpaired) electrons. The molecule has 4 rings (SSSR count). The first kappa shape index (κ1) is 28.4. The molecule has 0 saturated carbocycles. The zero-order chi connectivity index (χ0) is 28.3. The summed E-state index contributed by atoms with van der Waals surface area (Å²) in [7, 11) is 0. The molecule has 0 aliphatic heterocycles. The average Bonchev–Trinajstić information content (AvgIpc) is 3.47. The van der Waals surface area contributed by atoms with Gasteiger partial charge >= 0.3 is 12.1 Å². The molecule has 0 spiro atoms. The summed E-state index contributed by atoms with van der Waals surface area (Å²) >= 11 is 1.34. The number of benzene rings is 3. The number of hydrogen-bond acceptors (Lipinski definition) is 7. The topological polar surface area (TPSA) is 107 Å². The Kier molecular flexibility index (Phi) is 9.95. The fourth-order valence-corrected chi connectivity index (χ4v) is 4.52. The van der Waals surface area contributed by atoms with Crippen LogP contribution in [0.25, 0.3) is 11.1 Å². The van der Waals surface area contributed by atoms with Gasteiger partial charge < -0.3 is 20.1 Å². The Morgan fingerprint density at radius 1 is 0.925 bits per heavy atom. The lowest BCUT2D eigenvalue weighted by Crippen LogP contribution is -2.49. The van der Waals surface area contributed by atoms with Crippen LogP contribution in [0.4, 0.5) is 9.18 Å². The van der Waals surface area contributed by atoms with E-state index >= 15 is 0 Å². The van der Waals surface area contributed by atoms with Gasteiger partial charge in [0.05, 0.1) is 5.56 Å². The van der Waals surface area contributed by atoms with E-state index in [0.717, 1.165) is 28.0 Å². The molecular formula is C30H28FN3O5S. The smallest absolute Gasteiger partial charge is 0.408 e. The van der Waals surface area contributed by atoms with Crippen molar-refractivity contribution in [3.63, 3.8) is 0 Å². The third kappa shape index (κ3) is 7.73. The van der Waals surface area contributed by atoms with Gasteiger partial charge in [-0.05, 0) is 46.8 Å². The Hall–Kier alpha value is -4.57. The number of rotatable bonds is 11. The van der Waals surface area contributed by atoms with Crippen molar-refractivity contribution in [3.8, 4) is 11.1 Å². The van der Waals surface area contributed by atoms with Crippen molar-refractivity contribution in [2.45, 2.75) is 32.6 Å². The second-order valence-electron chi connectivity index (χ2n) is 8.77. The summed E-state index contributed by atoms with van der Waals surface area (Å²) < 4.78 is 29.4. The second-order valence-corrected chi connectivity index (χ2v) is 9.66. The summed E-state index contributed by atoms with van der Waals surface area (Å²) in [6, 6.07) is 21.0. The minimum absolute atomic E-state index is 0.0139. The fraction of sp³-hybridized carbons (Fsp3) is 0.200. The van der Waals surface area contributed by atoms with Gasteiger partial charge in [0, 0.05) is 23.2 Å². The molecule has 2 amide bonds. The normalized spacial score (nSPS) is 11.3. The van der Waals surface area contributed by atoms with E-state index in [1.807, 2.05) is 31.2 Å². The summed E-state index contributed by atoms with van der Waals surface area (Å²) in [6.07, 6.45) is 1.56. The van der Waals surface area contributed by atoms with Crippen LogP contribution in [-0.2, 0) is 33.9 Å². The number of alkyl carbamates (subject to hydrolysis) is 1. The molecule has 4 aromatic rings. The molecule has 40 heavy (non-hydrogen) atoms. The Labute approximate surface area is 235 Å². The second kappa shape index (κ2) is 14.0. The van der Waals surface area contributed by atoms with Crippen LogP contribution in [0, 0.1) is 5.82 Å². The van der Waals surface area contributed by atoms with Gasteiger partial charge in [0.15, 0.2) is 0 Å². The van der Waals surface area contributed by atoms with Crippen molar-refractivity contribution < 1.29 is 28.2 Å². The molecule has 0 aliphatic carbocycles. The molecule has 0 aliphatic rings. The summed E-state index contributed by atoms with van der Waals surface area (Å²) in [5.74, 6) is -2.26. The highest BCUT2D eigenvalue weighted by Gasteiger charge is 2.25. The van der Waals surface area contributed by atoms with Gasteiger partial charge in [-0.1, -0.05) is 73.7 Å². The van der Waals surface area contributed by atoms with Crippen molar-refractivity contribution in [2.75, 3.05) is 6.54 Å². The largest absolute Gasteiger partial charge is 0.459 e. The molecule has 0 saturated heterocycles. The average molecular weight is 562 g/mol. The van der Waals surface area contributed by atoms with Crippen molar-refractivity contribution >= 4 is 29.5 Å². The summed E-state index contributed by atoms with van der Waals surface area (Å²) in [5, 5.41) is 4.98. The van der Waals surface area contributed by atoms with E-state index in [1.54, 1.807) is 48.7 Å². The van der Waals surface area contributed by atoms with E-state index in [-0.39, 0.29) is 25.3 Å². The maximum Gasteiger partial charge on any atom is 0.408 e. The predicted octanol–water partition coefficient (Wildman–Crippen LogP) is 5.28. The van der Waals surface area contributed by atoms with Crippen LogP contribution >= 0.6 is 11.5 Å². The first-order chi connectivity index (χ1) is 19.4. The number of esters is 1. The number of carbonyl (C=O) groups is 3. The molecular weight excluding hydrogens is 533 g/mol. The summed E-state index contributed by atoms with van der Waals surface area (Å²) in [5.41, 5.74) is 2.79. The van der Waals surface area contributed by atoms with Crippen LogP contribution in [0.15, 0.2) is 85.1 Å². The van der Waals surface area contributed by atoms with Gasteiger partial charge in [-0.15, -0.1) is 0 Å². The molecule has 1 aromatic heterocycles.